The zero-order valence-corrected chi connectivity index (χ0v) is 9.75. The van der Waals surface area contributed by atoms with Crippen molar-refractivity contribution >= 4 is 5.57 Å². The molecule has 0 aliphatic heterocycles. The Balaban J connectivity index is 2.39. The van der Waals surface area contributed by atoms with Gasteiger partial charge in [0, 0.05) is 0 Å². The largest absolute Gasteiger partial charge is 0.0735 e. The molecule has 0 heterocycles. The van der Waals surface area contributed by atoms with Crippen LogP contribution in [0.5, 0.6) is 0 Å². The summed E-state index contributed by atoms with van der Waals surface area (Å²) >= 11 is 0. The number of benzene rings is 1. The number of hydrogen-bond donors (Lipinski definition) is 0. The van der Waals surface area contributed by atoms with Gasteiger partial charge in [-0.25, -0.2) is 0 Å². The molecule has 1 aliphatic rings. The van der Waals surface area contributed by atoms with Crippen LogP contribution in [0.4, 0.5) is 0 Å². The SMILES string of the molecule is CC1=CC(c2cccc(C)c2)=CC(C)C1. The Labute approximate surface area is 92.3 Å². The summed E-state index contributed by atoms with van der Waals surface area (Å²) in [5.74, 6) is 0.672. The summed E-state index contributed by atoms with van der Waals surface area (Å²) in [5.41, 5.74) is 5.55. The van der Waals surface area contributed by atoms with E-state index in [-0.39, 0.29) is 0 Å². The quantitative estimate of drug-likeness (QED) is 0.628. The maximum atomic E-state index is 2.38. The first-order chi connectivity index (χ1) is 7.15. The van der Waals surface area contributed by atoms with Crippen molar-refractivity contribution in [3.8, 4) is 0 Å². The lowest BCUT2D eigenvalue weighted by Crippen LogP contribution is -1.99. The van der Waals surface area contributed by atoms with Crippen LogP contribution in [-0.2, 0) is 0 Å². The Morgan fingerprint density at radius 2 is 2.00 bits per heavy atom. The van der Waals surface area contributed by atoms with Crippen molar-refractivity contribution in [2.24, 2.45) is 5.92 Å². The molecule has 15 heavy (non-hydrogen) atoms. The van der Waals surface area contributed by atoms with Gasteiger partial charge in [-0.2, -0.15) is 0 Å². The summed E-state index contributed by atoms with van der Waals surface area (Å²) < 4.78 is 0. The lowest BCUT2D eigenvalue weighted by atomic mass is 9.89. The van der Waals surface area contributed by atoms with Gasteiger partial charge in [0.1, 0.15) is 0 Å². The molecule has 0 bridgehead atoms. The second-order valence-corrected chi connectivity index (χ2v) is 4.66. The molecule has 0 fully saturated rings. The van der Waals surface area contributed by atoms with Crippen LogP contribution in [-0.4, -0.2) is 0 Å². The van der Waals surface area contributed by atoms with Crippen LogP contribution in [0.25, 0.3) is 5.57 Å². The van der Waals surface area contributed by atoms with Crippen LogP contribution in [0.3, 0.4) is 0 Å². The Hall–Kier alpha value is -1.30. The minimum atomic E-state index is 0.672. The number of rotatable bonds is 1. The fourth-order valence-electron chi connectivity index (χ4n) is 2.25. The molecular formula is C15H18. The first-order valence-electron chi connectivity index (χ1n) is 5.61. The van der Waals surface area contributed by atoms with E-state index in [1.807, 2.05) is 0 Å². The van der Waals surface area contributed by atoms with Crippen molar-refractivity contribution in [2.75, 3.05) is 0 Å². The summed E-state index contributed by atoms with van der Waals surface area (Å²) in [6, 6.07) is 8.73. The molecule has 0 N–H and O–H groups in total. The predicted octanol–water partition coefficient (Wildman–Crippen LogP) is 4.36. The molecule has 0 aromatic heterocycles. The Morgan fingerprint density at radius 3 is 2.67 bits per heavy atom. The molecule has 1 unspecified atom stereocenters. The lowest BCUT2D eigenvalue weighted by molar-refractivity contribution is 0.710. The first-order valence-corrected chi connectivity index (χ1v) is 5.61. The smallest absolute Gasteiger partial charge is 0.0185 e. The van der Waals surface area contributed by atoms with Crippen molar-refractivity contribution in [3.05, 3.63) is 53.1 Å². The van der Waals surface area contributed by atoms with Crippen LogP contribution in [0.2, 0.25) is 0 Å². The highest BCUT2D eigenvalue weighted by Crippen LogP contribution is 2.28. The van der Waals surface area contributed by atoms with Gasteiger partial charge in [-0.3, -0.25) is 0 Å². The molecule has 1 aromatic rings. The molecule has 0 spiro atoms. The fourth-order valence-corrected chi connectivity index (χ4v) is 2.25. The van der Waals surface area contributed by atoms with E-state index in [2.05, 4.69) is 57.2 Å². The van der Waals surface area contributed by atoms with Crippen molar-refractivity contribution in [1.29, 1.82) is 0 Å². The van der Waals surface area contributed by atoms with Gasteiger partial charge in [0.2, 0.25) is 0 Å². The molecule has 0 nitrogen and oxygen atoms in total. The van der Waals surface area contributed by atoms with Gasteiger partial charge in [-0.05, 0) is 37.3 Å². The zero-order valence-electron chi connectivity index (χ0n) is 9.75. The normalized spacial score (nSPS) is 20.9. The van der Waals surface area contributed by atoms with Crippen molar-refractivity contribution in [2.45, 2.75) is 27.2 Å². The van der Waals surface area contributed by atoms with E-state index in [4.69, 9.17) is 0 Å². The molecule has 1 atom stereocenters. The Bertz CT molecular complexity index is 421. The Morgan fingerprint density at radius 1 is 1.20 bits per heavy atom. The van der Waals surface area contributed by atoms with Gasteiger partial charge in [0.05, 0.1) is 0 Å². The summed E-state index contributed by atoms with van der Waals surface area (Å²) in [5, 5.41) is 0. The molecule has 78 valence electrons. The van der Waals surface area contributed by atoms with Gasteiger partial charge in [-0.15, -0.1) is 0 Å². The molecule has 0 saturated heterocycles. The van der Waals surface area contributed by atoms with Gasteiger partial charge < -0.3 is 0 Å². The van der Waals surface area contributed by atoms with Crippen LogP contribution in [0, 0.1) is 12.8 Å². The molecule has 0 saturated carbocycles. The zero-order chi connectivity index (χ0) is 10.8. The molecule has 0 heteroatoms. The molecule has 1 aromatic carbocycles. The van der Waals surface area contributed by atoms with Gasteiger partial charge >= 0.3 is 0 Å². The first kappa shape index (κ1) is 10.2. The number of allylic oxidation sites excluding steroid dienone is 4. The second-order valence-electron chi connectivity index (χ2n) is 4.66. The third kappa shape index (κ3) is 2.38. The lowest BCUT2D eigenvalue weighted by Gasteiger charge is -2.16. The van der Waals surface area contributed by atoms with E-state index < -0.39 is 0 Å². The third-order valence-electron chi connectivity index (χ3n) is 2.86. The molecule has 0 amide bonds. The number of aryl methyl sites for hydroxylation is 1. The maximum absolute atomic E-state index is 2.38. The van der Waals surface area contributed by atoms with Gasteiger partial charge in [0.15, 0.2) is 0 Å². The molecular weight excluding hydrogens is 180 g/mol. The van der Waals surface area contributed by atoms with Crippen LogP contribution < -0.4 is 0 Å². The fraction of sp³-hybridized carbons (Fsp3) is 0.333. The van der Waals surface area contributed by atoms with Crippen LogP contribution in [0.1, 0.15) is 31.4 Å². The summed E-state index contributed by atoms with van der Waals surface area (Å²) in [6.07, 6.45) is 5.89. The molecule has 1 aliphatic carbocycles. The minimum Gasteiger partial charge on any atom is -0.0735 e. The van der Waals surface area contributed by atoms with Crippen molar-refractivity contribution in [3.63, 3.8) is 0 Å². The topological polar surface area (TPSA) is 0 Å². The summed E-state index contributed by atoms with van der Waals surface area (Å²) in [6.45, 7) is 6.65. The van der Waals surface area contributed by atoms with E-state index in [1.54, 1.807) is 0 Å². The van der Waals surface area contributed by atoms with E-state index in [0.717, 1.165) is 0 Å². The highest BCUT2D eigenvalue weighted by atomic mass is 14.1. The van der Waals surface area contributed by atoms with Gasteiger partial charge in [0.25, 0.3) is 0 Å². The summed E-state index contributed by atoms with van der Waals surface area (Å²) in [7, 11) is 0. The molecule has 0 radical (unpaired) electrons. The van der Waals surface area contributed by atoms with E-state index in [1.165, 1.54) is 28.7 Å². The highest BCUT2D eigenvalue weighted by Gasteiger charge is 2.09. The third-order valence-corrected chi connectivity index (χ3v) is 2.86. The average Bonchev–Trinajstić information content (AvgIpc) is 2.16. The van der Waals surface area contributed by atoms with Crippen molar-refractivity contribution < 1.29 is 0 Å². The highest BCUT2D eigenvalue weighted by molar-refractivity contribution is 5.76. The summed E-state index contributed by atoms with van der Waals surface area (Å²) in [4.78, 5) is 0. The van der Waals surface area contributed by atoms with E-state index in [9.17, 15) is 0 Å². The second kappa shape index (κ2) is 4.06. The van der Waals surface area contributed by atoms with E-state index in [0.29, 0.717) is 5.92 Å². The predicted molar refractivity (Wildman–Crippen MR) is 66.7 cm³/mol. The number of hydrogen-bond acceptors (Lipinski definition) is 0. The maximum Gasteiger partial charge on any atom is -0.0185 e. The van der Waals surface area contributed by atoms with Crippen LogP contribution in [0.15, 0.2) is 42.0 Å². The molecule has 2 rings (SSSR count). The van der Waals surface area contributed by atoms with Crippen molar-refractivity contribution in [1.82, 2.24) is 0 Å². The monoisotopic (exact) mass is 198 g/mol. The average molecular weight is 198 g/mol. The van der Waals surface area contributed by atoms with E-state index >= 15 is 0 Å². The van der Waals surface area contributed by atoms with Crippen LogP contribution >= 0.6 is 0 Å². The van der Waals surface area contributed by atoms with Gasteiger partial charge in [-0.1, -0.05) is 54.5 Å². The standard InChI is InChI=1S/C15H18/c1-11-5-4-6-14(8-11)15-9-12(2)7-13(3)10-15/h4-6,8-10,12H,7H2,1-3H3. The minimum absolute atomic E-state index is 0.672. The Kier molecular flexibility index (Phi) is 2.77.